The first-order valence-corrected chi connectivity index (χ1v) is 16.9. The van der Waals surface area contributed by atoms with Gasteiger partial charge < -0.3 is 4.57 Å². The Morgan fingerprint density at radius 2 is 1.86 bits per heavy atom. The number of piperidine rings is 1. The van der Waals surface area contributed by atoms with Gasteiger partial charge in [0.2, 0.25) is 5.91 Å². The van der Waals surface area contributed by atoms with Crippen molar-refractivity contribution in [3.05, 3.63) is 71.0 Å². The molecule has 44 heavy (non-hydrogen) atoms. The van der Waals surface area contributed by atoms with E-state index in [-0.39, 0.29) is 21.9 Å². The monoisotopic (exact) mass is 629 g/mol. The number of aryl methyl sites for hydroxylation is 1. The van der Waals surface area contributed by atoms with E-state index in [1.165, 1.54) is 23.2 Å². The number of likely N-dealkylation sites (tertiary alicyclic amines) is 1. The molecular formula is C32H38F3N5O3S. The second-order valence-electron chi connectivity index (χ2n) is 13.0. The molecule has 236 valence electrons. The van der Waals surface area contributed by atoms with Gasteiger partial charge in [-0.3, -0.25) is 14.6 Å². The third kappa shape index (κ3) is 5.33. The first-order chi connectivity index (χ1) is 20.7. The number of hydrogen-bond acceptors (Lipinski definition) is 6. The van der Waals surface area contributed by atoms with Crippen LogP contribution in [0.2, 0.25) is 0 Å². The fraction of sp³-hybridized carbons (Fsp3) is 0.531. The van der Waals surface area contributed by atoms with E-state index in [0.717, 1.165) is 25.9 Å². The molecule has 1 aromatic heterocycles. The number of amides is 1. The van der Waals surface area contributed by atoms with E-state index in [1.807, 2.05) is 7.05 Å². The van der Waals surface area contributed by atoms with E-state index in [0.29, 0.717) is 48.2 Å². The van der Waals surface area contributed by atoms with E-state index >= 15 is 0 Å². The van der Waals surface area contributed by atoms with Crippen LogP contribution in [0.4, 0.5) is 18.9 Å². The van der Waals surface area contributed by atoms with Crippen molar-refractivity contribution >= 4 is 21.4 Å². The third-order valence-corrected chi connectivity index (χ3v) is 11.3. The quantitative estimate of drug-likeness (QED) is 0.412. The van der Waals surface area contributed by atoms with Gasteiger partial charge in [-0.25, -0.2) is 8.42 Å². The lowest BCUT2D eigenvalue weighted by atomic mass is 9.58. The van der Waals surface area contributed by atoms with Crippen LogP contribution in [0.1, 0.15) is 57.8 Å². The fourth-order valence-corrected chi connectivity index (χ4v) is 8.41. The molecule has 0 spiro atoms. The van der Waals surface area contributed by atoms with Gasteiger partial charge in [0.05, 0.1) is 27.6 Å². The molecule has 1 saturated carbocycles. The maximum Gasteiger partial charge on any atom is 0.416 e. The van der Waals surface area contributed by atoms with Crippen molar-refractivity contribution < 1.29 is 26.4 Å². The number of sulfone groups is 1. The number of fused-ring (bicyclic) bond motifs is 1. The van der Waals surface area contributed by atoms with E-state index in [9.17, 15) is 26.4 Å². The average Bonchev–Trinajstić information content (AvgIpc) is 3.53. The summed E-state index contributed by atoms with van der Waals surface area (Å²) in [6.45, 7) is 7.72. The van der Waals surface area contributed by atoms with Crippen molar-refractivity contribution in [2.24, 2.45) is 24.8 Å². The molecule has 12 heteroatoms. The van der Waals surface area contributed by atoms with Crippen LogP contribution in [0.15, 0.2) is 64.5 Å². The van der Waals surface area contributed by atoms with Crippen LogP contribution < -0.4 is 4.90 Å². The number of nitrogens with zero attached hydrogens (tertiary/aromatic N) is 5. The standard InChI is InChI=1S/C32H38F3N5O3S/c1-5-44(42,43)25-12-23(31(14-21(3)15-31)30-37-36-19-38(30)4)11-24(13-25)40-18-27-26(29(40)41)9-22(10-28(27)32(33,34)35)17-39-8-6-7-20(2)16-39/h9-13,18-21,26H,5-8,14-17H2,1-4H3/t20-,21?,26?,31?/m0/s1. The van der Waals surface area contributed by atoms with Crippen LogP contribution in [0.5, 0.6) is 0 Å². The zero-order valence-electron chi connectivity index (χ0n) is 25.4. The number of alkyl halides is 3. The Balaban J connectivity index is 1.44. The molecule has 1 amide bonds. The van der Waals surface area contributed by atoms with Crippen molar-refractivity contribution in [1.82, 2.24) is 19.7 Å². The first kappa shape index (κ1) is 30.8. The summed E-state index contributed by atoms with van der Waals surface area (Å²) in [5.74, 6) is -0.336. The molecule has 2 fully saturated rings. The Hall–Kier alpha value is -3.25. The molecule has 2 atom stereocenters. The normalized spacial score (nSPS) is 27.9. The number of aromatic nitrogens is 3. The number of hydrogen-bond donors (Lipinski definition) is 0. The SMILES string of the molecule is CCS(=O)(=O)c1cc(N2C=C3C(C(F)(F)F)=CC(CN4CCC[C@H](C)C4)=CC3C2=O)cc(C2(c3nncn3C)CC(C)C2)c1. The molecule has 1 saturated heterocycles. The Labute approximate surface area is 256 Å². The predicted octanol–water partition coefficient (Wildman–Crippen LogP) is 5.33. The van der Waals surface area contributed by atoms with Crippen LogP contribution >= 0.6 is 0 Å². The molecule has 0 N–H and O–H groups in total. The van der Waals surface area contributed by atoms with Gasteiger partial charge >= 0.3 is 6.18 Å². The molecular weight excluding hydrogens is 591 g/mol. The largest absolute Gasteiger partial charge is 0.416 e. The lowest BCUT2D eigenvalue weighted by Gasteiger charge is -2.46. The number of allylic oxidation sites excluding steroid dienone is 1. The van der Waals surface area contributed by atoms with Gasteiger partial charge in [-0.15, -0.1) is 10.2 Å². The van der Waals surface area contributed by atoms with Crippen molar-refractivity contribution in [3.63, 3.8) is 0 Å². The van der Waals surface area contributed by atoms with Gasteiger partial charge in [0, 0.05) is 32.0 Å². The maximum atomic E-state index is 14.4. The minimum absolute atomic E-state index is 0.0247. The molecule has 1 unspecified atom stereocenters. The average molecular weight is 630 g/mol. The highest BCUT2D eigenvalue weighted by molar-refractivity contribution is 7.91. The topological polar surface area (TPSA) is 88.4 Å². The summed E-state index contributed by atoms with van der Waals surface area (Å²) < 4.78 is 71.6. The Kier molecular flexibility index (Phi) is 7.67. The lowest BCUT2D eigenvalue weighted by Crippen LogP contribution is -2.43. The second-order valence-corrected chi connectivity index (χ2v) is 15.3. The van der Waals surface area contributed by atoms with Crippen LogP contribution in [-0.2, 0) is 27.1 Å². The van der Waals surface area contributed by atoms with Crippen LogP contribution in [0, 0.1) is 17.8 Å². The summed E-state index contributed by atoms with van der Waals surface area (Å²) in [6, 6.07) is 4.76. The molecule has 2 aromatic rings. The predicted molar refractivity (Wildman–Crippen MR) is 160 cm³/mol. The highest BCUT2D eigenvalue weighted by atomic mass is 32.2. The molecule has 0 bridgehead atoms. The highest BCUT2D eigenvalue weighted by Gasteiger charge is 2.50. The minimum atomic E-state index is -4.66. The van der Waals surface area contributed by atoms with Gasteiger partial charge in [0.25, 0.3) is 0 Å². The number of benzene rings is 1. The van der Waals surface area contributed by atoms with Crippen molar-refractivity contribution in [1.29, 1.82) is 0 Å². The van der Waals surface area contributed by atoms with E-state index in [4.69, 9.17) is 0 Å². The fourth-order valence-electron chi connectivity index (χ4n) is 7.47. The smallest absolute Gasteiger partial charge is 0.320 e. The lowest BCUT2D eigenvalue weighted by molar-refractivity contribution is -0.119. The Bertz CT molecular complexity index is 1680. The summed E-state index contributed by atoms with van der Waals surface area (Å²) in [6.07, 6.45) is 4.43. The molecule has 1 aromatic carbocycles. The Morgan fingerprint density at radius 1 is 1.11 bits per heavy atom. The van der Waals surface area contributed by atoms with Crippen molar-refractivity contribution in [2.45, 2.75) is 62.9 Å². The zero-order valence-corrected chi connectivity index (χ0v) is 26.2. The third-order valence-electron chi connectivity index (χ3n) is 9.58. The van der Waals surface area contributed by atoms with Gasteiger partial charge in [-0.2, -0.15) is 13.2 Å². The van der Waals surface area contributed by atoms with Gasteiger partial charge in [0.1, 0.15) is 12.2 Å². The minimum Gasteiger partial charge on any atom is -0.320 e. The number of anilines is 1. The summed E-state index contributed by atoms with van der Waals surface area (Å²) in [7, 11) is -1.90. The van der Waals surface area contributed by atoms with Crippen LogP contribution in [-0.4, -0.2) is 65.6 Å². The molecule has 3 heterocycles. The Morgan fingerprint density at radius 3 is 2.48 bits per heavy atom. The van der Waals surface area contributed by atoms with Crippen LogP contribution in [0.3, 0.4) is 0 Å². The molecule has 4 aliphatic rings. The van der Waals surface area contributed by atoms with Gasteiger partial charge in [-0.05, 0) is 85.0 Å². The number of halogens is 3. The van der Waals surface area contributed by atoms with E-state index in [2.05, 4.69) is 28.9 Å². The number of carbonyl (C=O) groups excluding carboxylic acids is 1. The molecule has 0 radical (unpaired) electrons. The summed E-state index contributed by atoms with van der Waals surface area (Å²) in [5, 5.41) is 8.41. The number of rotatable bonds is 7. The molecule has 2 aliphatic carbocycles. The van der Waals surface area contributed by atoms with Gasteiger partial charge in [0.15, 0.2) is 9.84 Å². The number of carbonyl (C=O) groups is 1. The van der Waals surface area contributed by atoms with Crippen molar-refractivity contribution in [2.75, 3.05) is 30.3 Å². The molecule has 6 rings (SSSR count). The molecule has 2 aliphatic heterocycles. The zero-order chi connectivity index (χ0) is 31.6. The second kappa shape index (κ2) is 11.0. The van der Waals surface area contributed by atoms with E-state index in [1.54, 1.807) is 36.0 Å². The molecule has 8 nitrogen and oxygen atoms in total. The highest BCUT2D eigenvalue weighted by Crippen LogP contribution is 2.53. The van der Waals surface area contributed by atoms with Crippen LogP contribution in [0.25, 0.3) is 0 Å². The van der Waals surface area contributed by atoms with Crippen molar-refractivity contribution in [3.8, 4) is 0 Å². The van der Waals surface area contributed by atoms with Gasteiger partial charge in [-0.1, -0.05) is 26.8 Å². The summed E-state index contributed by atoms with van der Waals surface area (Å²) in [5.41, 5.74) is -0.248. The summed E-state index contributed by atoms with van der Waals surface area (Å²) in [4.78, 5) is 17.3. The maximum absolute atomic E-state index is 14.4. The van der Waals surface area contributed by atoms with E-state index < -0.39 is 38.8 Å². The summed E-state index contributed by atoms with van der Waals surface area (Å²) >= 11 is 0. The first-order valence-electron chi connectivity index (χ1n) is 15.2.